The summed E-state index contributed by atoms with van der Waals surface area (Å²) in [6.45, 7) is 0.342. The number of nitrogens with one attached hydrogen (secondary N) is 1. The van der Waals surface area contributed by atoms with E-state index in [-0.39, 0.29) is 12.5 Å². The zero-order chi connectivity index (χ0) is 11.4. The molecule has 0 fully saturated rings. The number of hydrogen-bond acceptors (Lipinski definition) is 8. The van der Waals surface area contributed by atoms with E-state index >= 15 is 0 Å². The molecule has 10 heteroatoms. The Kier molecular flexibility index (Phi) is 3.12. The molecule has 0 aliphatic heterocycles. The van der Waals surface area contributed by atoms with Crippen molar-refractivity contribution >= 4 is 22.6 Å². The number of aromatic nitrogens is 6. The highest BCUT2D eigenvalue weighted by atomic mass is 32.1. The summed E-state index contributed by atoms with van der Waals surface area (Å²) in [6, 6.07) is 0. The van der Waals surface area contributed by atoms with Crippen molar-refractivity contribution in [1.82, 2.24) is 29.8 Å². The number of anilines is 1. The van der Waals surface area contributed by atoms with Crippen LogP contribution in [-0.2, 0) is 17.9 Å². The predicted molar refractivity (Wildman–Crippen MR) is 54.2 cm³/mol. The van der Waals surface area contributed by atoms with Crippen LogP contribution in [-0.4, -0.2) is 35.7 Å². The average molecular weight is 240 g/mol. The van der Waals surface area contributed by atoms with Crippen LogP contribution in [0.2, 0.25) is 0 Å². The van der Waals surface area contributed by atoms with Crippen LogP contribution in [0.25, 0.3) is 0 Å². The van der Waals surface area contributed by atoms with Gasteiger partial charge in [0, 0.05) is 18.1 Å². The Morgan fingerprint density at radius 1 is 1.56 bits per heavy atom. The van der Waals surface area contributed by atoms with Gasteiger partial charge in [0.2, 0.25) is 11.0 Å². The first-order valence-corrected chi connectivity index (χ1v) is 5.09. The largest absolute Gasteiger partial charge is 0.325 e. The number of nitrogens with two attached hydrogens (primary N) is 1. The van der Waals surface area contributed by atoms with Crippen molar-refractivity contribution in [2.45, 2.75) is 13.1 Å². The summed E-state index contributed by atoms with van der Waals surface area (Å²) < 4.78 is 4.91. The van der Waals surface area contributed by atoms with E-state index in [1.807, 2.05) is 0 Å². The highest BCUT2D eigenvalue weighted by Gasteiger charge is 2.07. The molecule has 0 atom stereocenters. The summed E-state index contributed by atoms with van der Waals surface area (Å²) in [6.07, 6.45) is 1.61. The smallest absolute Gasteiger partial charge is 0.248 e. The van der Waals surface area contributed by atoms with Gasteiger partial charge in [0.25, 0.3) is 0 Å². The van der Waals surface area contributed by atoms with E-state index in [0.29, 0.717) is 17.4 Å². The van der Waals surface area contributed by atoms with Gasteiger partial charge in [-0.05, 0) is 5.21 Å². The van der Waals surface area contributed by atoms with Gasteiger partial charge in [0.15, 0.2) is 0 Å². The number of rotatable bonds is 4. The molecule has 3 N–H and O–H groups in total. The maximum Gasteiger partial charge on any atom is 0.248 e. The van der Waals surface area contributed by atoms with Gasteiger partial charge in [-0.2, -0.15) is 0 Å². The predicted octanol–water partition coefficient (Wildman–Crippen LogP) is -1.38. The maximum absolute atomic E-state index is 11.5. The lowest BCUT2D eigenvalue weighted by Gasteiger charge is -1.99. The summed E-state index contributed by atoms with van der Waals surface area (Å²) in [5.74, 6) is -0.271. The molecule has 0 aromatic carbocycles. The van der Waals surface area contributed by atoms with Crippen molar-refractivity contribution in [2.75, 3.05) is 5.32 Å². The molecule has 0 bridgehead atoms. The highest BCUT2D eigenvalue weighted by molar-refractivity contribution is 7.09. The average Bonchev–Trinajstić information content (AvgIpc) is 2.89. The van der Waals surface area contributed by atoms with Crippen molar-refractivity contribution in [3.63, 3.8) is 0 Å². The normalized spacial score (nSPS) is 10.3. The number of nitrogens with zero attached hydrogens (tertiary/aromatic N) is 6. The number of hydrogen-bond donors (Lipinski definition) is 2. The van der Waals surface area contributed by atoms with Crippen LogP contribution in [0.3, 0.4) is 0 Å². The van der Waals surface area contributed by atoms with Crippen LogP contribution < -0.4 is 11.1 Å². The molecule has 84 valence electrons. The van der Waals surface area contributed by atoms with Crippen molar-refractivity contribution in [1.29, 1.82) is 0 Å². The Labute approximate surface area is 93.8 Å². The standard InChI is InChI=1S/C6H8N8OS/c7-1-4-2-14(12-9-4)3-5(15)8-6-10-11-13-16-6/h2H,1,3,7H2,(H,8,10,13,15). The van der Waals surface area contributed by atoms with E-state index < -0.39 is 0 Å². The second-order valence-electron chi connectivity index (χ2n) is 2.83. The van der Waals surface area contributed by atoms with Crippen LogP contribution in [0.5, 0.6) is 0 Å². The van der Waals surface area contributed by atoms with Crippen molar-refractivity contribution in [3.05, 3.63) is 11.9 Å². The first-order valence-electron chi connectivity index (χ1n) is 4.32. The molecule has 0 radical (unpaired) electrons. The van der Waals surface area contributed by atoms with Crippen LogP contribution in [0.15, 0.2) is 6.20 Å². The molecule has 16 heavy (non-hydrogen) atoms. The van der Waals surface area contributed by atoms with Crippen molar-refractivity contribution in [3.8, 4) is 0 Å². The quantitative estimate of drug-likeness (QED) is 0.674. The number of amides is 1. The van der Waals surface area contributed by atoms with Gasteiger partial charge >= 0.3 is 0 Å². The molecule has 2 heterocycles. The molecular weight excluding hydrogens is 232 g/mol. The third kappa shape index (κ3) is 2.55. The Balaban J connectivity index is 1.92. The van der Waals surface area contributed by atoms with Gasteiger partial charge in [-0.1, -0.05) is 14.8 Å². The third-order valence-electron chi connectivity index (χ3n) is 1.65. The Hall–Kier alpha value is -1.94. The second kappa shape index (κ2) is 4.72. The molecule has 0 aliphatic rings. The minimum atomic E-state index is -0.271. The fourth-order valence-corrected chi connectivity index (χ4v) is 1.38. The van der Waals surface area contributed by atoms with E-state index in [4.69, 9.17) is 5.73 Å². The van der Waals surface area contributed by atoms with E-state index in [0.717, 1.165) is 11.5 Å². The minimum absolute atomic E-state index is 0.0482. The molecule has 0 saturated carbocycles. The molecule has 2 aromatic rings. The molecule has 2 aromatic heterocycles. The molecule has 0 saturated heterocycles. The van der Waals surface area contributed by atoms with Crippen LogP contribution in [0.1, 0.15) is 5.69 Å². The monoisotopic (exact) mass is 240 g/mol. The maximum atomic E-state index is 11.5. The highest BCUT2D eigenvalue weighted by Crippen LogP contribution is 2.04. The third-order valence-corrected chi connectivity index (χ3v) is 2.16. The Bertz CT molecular complexity index is 465. The van der Waals surface area contributed by atoms with Crippen molar-refractivity contribution in [2.24, 2.45) is 5.73 Å². The summed E-state index contributed by atoms with van der Waals surface area (Å²) >= 11 is 1.00. The molecule has 1 amide bonds. The van der Waals surface area contributed by atoms with Gasteiger partial charge < -0.3 is 5.73 Å². The van der Waals surface area contributed by atoms with Crippen LogP contribution in [0.4, 0.5) is 5.13 Å². The Morgan fingerprint density at radius 3 is 3.06 bits per heavy atom. The minimum Gasteiger partial charge on any atom is -0.325 e. The van der Waals surface area contributed by atoms with Gasteiger partial charge in [0.05, 0.1) is 11.9 Å². The molecule has 2 rings (SSSR count). The van der Waals surface area contributed by atoms with E-state index in [2.05, 4.69) is 30.4 Å². The summed E-state index contributed by atoms with van der Waals surface area (Å²) in [5.41, 5.74) is 5.99. The van der Waals surface area contributed by atoms with E-state index in [9.17, 15) is 4.79 Å². The van der Waals surface area contributed by atoms with Gasteiger partial charge in [-0.15, -0.1) is 5.10 Å². The van der Waals surface area contributed by atoms with Gasteiger partial charge in [-0.3, -0.25) is 10.1 Å². The van der Waals surface area contributed by atoms with Gasteiger partial charge in [0.1, 0.15) is 6.54 Å². The van der Waals surface area contributed by atoms with Gasteiger partial charge in [-0.25, -0.2) is 4.68 Å². The molecule has 9 nitrogen and oxygen atoms in total. The topological polar surface area (TPSA) is 124 Å². The van der Waals surface area contributed by atoms with E-state index in [1.54, 1.807) is 6.20 Å². The molecule has 0 aliphatic carbocycles. The summed E-state index contributed by atoms with van der Waals surface area (Å²) in [7, 11) is 0. The molecule has 0 unspecified atom stereocenters. The number of carbonyl (C=O) groups is 1. The first kappa shape index (κ1) is 10.6. The summed E-state index contributed by atoms with van der Waals surface area (Å²) in [4.78, 5) is 11.5. The molecule has 0 spiro atoms. The van der Waals surface area contributed by atoms with Crippen molar-refractivity contribution < 1.29 is 4.79 Å². The Morgan fingerprint density at radius 2 is 2.44 bits per heavy atom. The second-order valence-corrected chi connectivity index (χ2v) is 3.56. The fourth-order valence-electron chi connectivity index (χ4n) is 0.997. The fraction of sp³-hybridized carbons (Fsp3) is 0.333. The SMILES string of the molecule is NCc1cn(CC(=O)Nc2nnns2)nn1. The number of carbonyl (C=O) groups excluding carboxylic acids is 1. The molecular formula is C6H8N8OS. The lowest BCUT2D eigenvalue weighted by molar-refractivity contribution is -0.116. The van der Waals surface area contributed by atoms with E-state index in [1.165, 1.54) is 4.68 Å². The summed E-state index contributed by atoms with van der Waals surface area (Å²) in [5, 5.41) is 17.3. The zero-order valence-corrected chi connectivity index (χ0v) is 8.89. The van der Waals surface area contributed by atoms with Crippen LogP contribution in [0, 0.1) is 0 Å². The lowest BCUT2D eigenvalue weighted by Crippen LogP contribution is -2.19. The first-order chi connectivity index (χ1) is 7.78. The van der Waals surface area contributed by atoms with Crippen LogP contribution >= 0.6 is 11.5 Å². The zero-order valence-electron chi connectivity index (χ0n) is 8.07. The lowest BCUT2D eigenvalue weighted by atomic mass is 10.5.